The number of benzene rings is 1. The summed E-state index contributed by atoms with van der Waals surface area (Å²) >= 11 is 0. The predicted molar refractivity (Wildman–Crippen MR) is 101 cm³/mol. The lowest BCUT2D eigenvalue weighted by atomic mass is 10.1. The highest BCUT2D eigenvalue weighted by Gasteiger charge is 2.24. The van der Waals surface area contributed by atoms with Crippen LogP contribution in [0, 0.1) is 0 Å². The van der Waals surface area contributed by atoms with Crippen molar-refractivity contribution in [3.05, 3.63) is 54.0 Å². The monoisotopic (exact) mass is 356 g/mol. The molecular formula is C21H28N2O3. The van der Waals surface area contributed by atoms with E-state index in [1.807, 2.05) is 36.4 Å². The van der Waals surface area contributed by atoms with E-state index >= 15 is 0 Å². The third-order valence-corrected chi connectivity index (χ3v) is 4.91. The molecule has 1 unspecified atom stereocenters. The van der Waals surface area contributed by atoms with Gasteiger partial charge < -0.3 is 14.5 Å². The molecule has 0 bridgehead atoms. The molecule has 2 heterocycles. The number of furan rings is 1. The summed E-state index contributed by atoms with van der Waals surface area (Å²) in [7, 11) is 0. The van der Waals surface area contributed by atoms with Crippen LogP contribution in [-0.2, 0) is 11.2 Å². The summed E-state index contributed by atoms with van der Waals surface area (Å²) in [6.07, 6.45) is 6.24. The van der Waals surface area contributed by atoms with Gasteiger partial charge >= 0.3 is 0 Å². The fourth-order valence-corrected chi connectivity index (χ4v) is 3.46. The molecule has 1 aromatic heterocycles. The number of aryl methyl sites for hydroxylation is 1. The molecule has 1 aromatic carbocycles. The predicted octanol–water partition coefficient (Wildman–Crippen LogP) is 3.56. The fourth-order valence-electron chi connectivity index (χ4n) is 3.46. The Hall–Kier alpha value is -2.27. The molecule has 5 heteroatoms. The van der Waals surface area contributed by atoms with E-state index in [1.165, 1.54) is 19.3 Å². The molecule has 5 nitrogen and oxygen atoms in total. The third-order valence-electron chi connectivity index (χ3n) is 4.91. The van der Waals surface area contributed by atoms with Gasteiger partial charge in [-0.25, -0.2) is 0 Å². The number of likely N-dealkylation sites (tertiary alicyclic amines) is 1. The second-order valence-electron chi connectivity index (χ2n) is 6.68. The number of carbonyl (C=O) groups is 1. The van der Waals surface area contributed by atoms with Gasteiger partial charge in [-0.05, 0) is 56.1 Å². The van der Waals surface area contributed by atoms with Gasteiger partial charge in [-0.3, -0.25) is 9.69 Å². The van der Waals surface area contributed by atoms with Gasteiger partial charge in [-0.1, -0.05) is 31.5 Å². The van der Waals surface area contributed by atoms with Gasteiger partial charge in [0.25, 0.3) is 5.91 Å². The van der Waals surface area contributed by atoms with Gasteiger partial charge in [-0.2, -0.15) is 0 Å². The number of rotatable bonds is 8. The number of hydrogen-bond donors (Lipinski definition) is 1. The highest BCUT2D eigenvalue weighted by molar-refractivity contribution is 5.77. The maximum Gasteiger partial charge on any atom is 0.258 e. The first kappa shape index (κ1) is 18.5. The zero-order chi connectivity index (χ0) is 18.2. The molecule has 1 amide bonds. The number of piperidine rings is 1. The first-order valence-corrected chi connectivity index (χ1v) is 9.52. The van der Waals surface area contributed by atoms with Crippen LogP contribution < -0.4 is 10.1 Å². The Morgan fingerprint density at radius 2 is 2.00 bits per heavy atom. The average Bonchev–Trinajstić information content (AvgIpc) is 3.22. The zero-order valence-electron chi connectivity index (χ0n) is 15.4. The van der Waals surface area contributed by atoms with Crippen LogP contribution in [0.25, 0.3) is 0 Å². The molecule has 1 aliphatic heterocycles. The van der Waals surface area contributed by atoms with Crippen LogP contribution in [0.5, 0.6) is 5.75 Å². The van der Waals surface area contributed by atoms with E-state index in [1.54, 1.807) is 6.26 Å². The van der Waals surface area contributed by atoms with Crippen molar-refractivity contribution in [2.24, 2.45) is 0 Å². The van der Waals surface area contributed by atoms with Gasteiger partial charge in [0.2, 0.25) is 0 Å². The Labute approximate surface area is 155 Å². The lowest BCUT2D eigenvalue weighted by Crippen LogP contribution is -2.41. The topological polar surface area (TPSA) is 54.7 Å². The van der Waals surface area contributed by atoms with Gasteiger partial charge in [0.15, 0.2) is 6.61 Å². The van der Waals surface area contributed by atoms with E-state index in [-0.39, 0.29) is 18.6 Å². The number of carbonyl (C=O) groups excluding carboxylic acids is 1. The summed E-state index contributed by atoms with van der Waals surface area (Å²) in [5.41, 5.74) is 1.11. The molecule has 0 aliphatic carbocycles. The summed E-state index contributed by atoms with van der Waals surface area (Å²) in [5.74, 6) is 1.58. The highest BCUT2D eigenvalue weighted by Crippen LogP contribution is 2.24. The number of ether oxygens (including phenoxy) is 1. The molecule has 1 N–H and O–H groups in total. The Morgan fingerprint density at radius 1 is 1.19 bits per heavy atom. The molecule has 0 saturated carbocycles. The van der Waals surface area contributed by atoms with Crippen LogP contribution in [0.1, 0.15) is 43.6 Å². The largest absolute Gasteiger partial charge is 0.483 e. The van der Waals surface area contributed by atoms with Crippen molar-refractivity contribution in [2.45, 2.75) is 38.6 Å². The standard InChI is InChI=1S/C21H28N2O3/c1-2-17-9-4-5-10-19(17)26-16-21(24)22-15-18(20-11-8-14-25-20)23-12-6-3-7-13-23/h4-5,8-11,14,18H,2-3,6-7,12-13,15-16H2,1H3,(H,22,24). The van der Waals surface area contributed by atoms with Crippen LogP contribution in [0.4, 0.5) is 0 Å². The van der Waals surface area contributed by atoms with Crippen molar-refractivity contribution in [3.63, 3.8) is 0 Å². The minimum absolute atomic E-state index is 0.0297. The maximum absolute atomic E-state index is 12.3. The van der Waals surface area contributed by atoms with Crippen LogP contribution in [0.15, 0.2) is 47.1 Å². The lowest BCUT2D eigenvalue weighted by Gasteiger charge is -2.33. The van der Waals surface area contributed by atoms with Crippen molar-refractivity contribution < 1.29 is 13.9 Å². The van der Waals surface area contributed by atoms with Crippen molar-refractivity contribution in [1.29, 1.82) is 0 Å². The Kier molecular flexibility index (Phi) is 6.72. The first-order chi connectivity index (χ1) is 12.8. The van der Waals surface area contributed by atoms with Crippen LogP contribution >= 0.6 is 0 Å². The van der Waals surface area contributed by atoms with Crippen LogP contribution in [0.2, 0.25) is 0 Å². The van der Waals surface area contributed by atoms with Gasteiger partial charge in [0.05, 0.1) is 12.3 Å². The Bertz CT molecular complexity index is 678. The van der Waals surface area contributed by atoms with Crippen LogP contribution in [-0.4, -0.2) is 37.0 Å². The van der Waals surface area contributed by atoms with Gasteiger partial charge in [0.1, 0.15) is 11.5 Å². The number of nitrogens with zero attached hydrogens (tertiary/aromatic N) is 1. The SMILES string of the molecule is CCc1ccccc1OCC(=O)NCC(c1ccco1)N1CCCCC1. The second kappa shape index (κ2) is 9.43. The smallest absolute Gasteiger partial charge is 0.258 e. The molecule has 1 saturated heterocycles. The summed E-state index contributed by atoms with van der Waals surface area (Å²) in [6.45, 7) is 4.73. The minimum Gasteiger partial charge on any atom is -0.483 e. The number of para-hydroxylation sites is 1. The molecule has 2 aromatic rings. The summed E-state index contributed by atoms with van der Waals surface area (Å²) in [4.78, 5) is 14.7. The quantitative estimate of drug-likeness (QED) is 0.786. The fraction of sp³-hybridized carbons (Fsp3) is 0.476. The molecular weight excluding hydrogens is 328 g/mol. The van der Waals surface area contributed by atoms with E-state index in [4.69, 9.17) is 9.15 Å². The van der Waals surface area contributed by atoms with Gasteiger partial charge in [-0.15, -0.1) is 0 Å². The summed E-state index contributed by atoms with van der Waals surface area (Å²) in [6, 6.07) is 11.8. The van der Waals surface area contributed by atoms with E-state index in [0.717, 1.165) is 36.6 Å². The summed E-state index contributed by atoms with van der Waals surface area (Å²) in [5, 5.41) is 3.01. The van der Waals surface area contributed by atoms with E-state index in [2.05, 4.69) is 17.1 Å². The van der Waals surface area contributed by atoms with Crippen molar-refractivity contribution in [3.8, 4) is 5.75 Å². The van der Waals surface area contributed by atoms with Crippen molar-refractivity contribution in [2.75, 3.05) is 26.2 Å². The number of amides is 1. The normalized spacial score (nSPS) is 16.2. The molecule has 3 rings (SSSR count). The van der Waals surface area contributed by atoms with Gasteiger partial charge in [0, 0.05) is 6.54 Å². The first-order valence-electron chi connectivity index (χ1n) is 9.52. The summed E-state index contributed by atoms with van der Waals surface area (Å²) < 4.78 is 11.3. The van der Waals surface area contributed by atoms with Crippen LogP contribution in [0.3, 0.4) is 0 Å². The molecule has 0 spiro atoms. The molecule has 1 fully saturated rings. The Balaban J connectivity index is 1.54. The zero-order valence-corrected chi connectivity index (χ0v) is 15.4. The van der Waals surface area contributed by atoms with E-state index in [9.17, 15) is 4.79 Å². The molecule has 1 aliphatic rings. The molecule has 0 radical (unpaired) electrons. The maximum atomic E-state index is 12.3. The minimum atomic E-state index is -0.107. The number of nitrogens with one attached hydrogen (secondary N) is 1. The lowest BCUT2D eigenvalue weighted by molar-refractivity contribution is -0.123. The second-order valence-corrected chi connectivity index (χ2v) is 6.68. The van der Waals surface area contributed by atoms with Crippen molar-refractivity contribution >= 4 is 5.91 Å². The molecule has 140 valence electrons. The van der Waals surface area contributed by atoms with Crippen molar-refractivity contribution in [1.82, 2.24) is 10.2 Å². The molecule has 1 atom stereocenters. The highest BCUT2D eigenvalue weighted by atomic mass is 16.5. The van der Waals surface area contributed by atoms with E-state index < -0.39 is 0 Å². The average molecular weight is 356 g/mol. The molecule has 26 heavy (non-hydrogen) atoms. The Morgan fingerprint density at radius 3 is 2.73 bits per heavy atom. The third kappa shape index (κ3) is 4.88. The van der Waals surface area contributed by atoms with E-state index in [0.29, 0.717) is 6.54 Å². The number of hydrogen-bond acceptors (Lipinski definition) is 4.